The summed E-state index contributed by atoms with van der Waals surface area (Å²) in [5, 5.41) is 5.23. The Kier molecular flexibility index (Phi) is 8.51. The first-order chi connectivity index (χ1) is 8.03. The van der Waals surface area contributed by atoms with Crippen LogP contribution in [0.15, 0.2) is 0 Å². The maximum absolute atomic E-state index is 11.5. The van der Waals surface area contributed by atoms with Crippen LogP contribution in [0.3, 0.4) is 0 Å². The van der Waals surface area contributed by atoms with Gasteiger partial charge in [-0.05, 0) is 25.8 Å². The molecule has 0 saturated heterocycles. The van der Waals surface area contributed by atoms with Crippen molar-refractivity contribution in [2.24, 2.45) is 5.92 Å². The van der Waals surface area contributed by atoms with Crippen LogP contribution in [0.5, 0.6) is 0 Å². The summed E-state index contributed by atoms with van der Waals surface area (Å²) in [7, 11) is -1.59. The minimum Gasteiger partial charge on any atom is -0.354 e. The normalized spacial score (nSPS) is 15.6. The van der Waals surface area contributed by atoms with E-state index in [1.54, 1.807) is 7.05 Å². The lowest BCUT2D eigenvalue weighted by Crippen LogP contribution is -2.39. The number of amides is 1. The van der Waals surface area contributed by atoms with E-state index in [2.05, 4.69) is 15.4 Å². The number of sulfonamides is 1. The lowest BCUT2D eigenvalue weighted by molar-refractivity contribution is -0.120. The second kappa shape index (κ2) is 8.68. The number of hydrogen-bond donors (Lipinski definition) is 3. The monoisotopic (exact) mass is 299 g/mol. The van der Waals surface area contributed by atoms with E-state index < -0.39 is 10.0 Å². The van der Waals surface area contributed by atoms with E-state index in [0.29, 0.717) is 12.5 Å². The zero-order valence-corrected chi connectivity index (χ0v) is 12.2. The molecule has 0 radical (unpaired) electrons. The van der Waals surface area contributed by atoms with Crippen LogP contribution in [0, 0.1) is 5.92 Å². The number of nitrogens with one attached hydrogen (secondary N) is 3. The Morgan fingerprint density at radius 3 is 2.50 bits per heavy atom. The highest BCUT2D eigenvalue weighted by molar-refractivity contribution is 7.89. The van der Waals surface area contributed by atoms with Crippen molar-refractivity contribution in [2.75, 3.05) is 32.4 Å². The number of carbonyl (C=O) groups is 1. The topological polar surface area (TPSA) is 87.3 Å². The summed E-state index contributed by atoms with van der Waals surface area (Å²) in [6, 6.07) is 0. The Morgan fingerprint density at radius 2 is 2.00 bits per heavy atom. The van der Waals surface area contributed by atoms with Gasteiger partial charge in [-0.1, -0.05) is 6.42 Å². The fraction of sp³-hybridized carbons (Fsp3) is 0.900. The molecule has 3 N–H and O–H groups in total. The molecule has 0 atom stereocenters. The van der Waals surface area contributed by atoms with Crippen LogP contribution in [-0.2, 0) is 14.8 Å². The molecule has 1 amide bonds. The van der Waals surface area contributed by atoms with E-state index in [9.17, 15) is 13.2 Å². The second-order valence-electron chi connectivity index (χ2n) is 4.34. The van der Waals surface area contributed by atoms with Gasteiger partial charge >= 0.3 is 0 Å². The Hall–Kier alpha value is -0.370. The highest BCUT2D eigenvalue weighted by Gasteiger charge is 2.19. The Morgan fingerprint density at radius 1 is 1.33 bits per heavy atom. The molecule has 0 bridgehead atoms. The van der Waals surface area contributed by atoms with E-state index in [4.69, 9.17) is 0 Å². The summed E-state index contributed by atoms with van der Waals surface area (Å²) < 4.78 is 25.6. The SMILES string of the molecule is CNCC(=O)NCCS(=O)(=O)NCC1CCC1.Cl. The van der Waals surface area contributed by atoms with Crippen LogP contribution < -0.4 is 15.4 Å². The molecule has 1 aliphatic carbocycles. The molecule has 0 unspecified atom stereocenters. The van der Waals surface area contributed by atoms with Crippen molar-refractivity contribution in [3.63, 3.8) is 0 Å². The minimum absolute atomic E-state index is 0. The van der Waals surface area contributed by atoms with Gasteiger partial charge in [0.1, 0.15) is 0 Å². The molecule has 0 heterocycles. The molecule has 0 spiro atoms. The van der Waals surface area contributed by atoms with Crippen LogP contribution in [0.2, 0.25) is 0 Å². The predicted molar refractivity (Wildman–Crippen MR) is 73.3 cm³/mol. The van der Waals surface area contributed by atoms with Crippen LogP contribution in [0.4, 0.5) is 0 Å². The molecule has 18 heavy (non-hydrogen) atoms. The quantitative estimate of drug-likeness (QED) is 0.562. The smallest absolute Gasteiger partial charge is 0.233 e. The molecule has 0 aromatic carbocycles. The Bertz CT molecular complexity index is 344. The number of halogens is 1. The second-order valence-corrected chi connectivity index (χ2v) is 6.27. The summed E-state index contributed by atoms with van der Waals surface area (Å²) in [6.07, 6.45) is 3.43. The van der Waals surface area contributed by atoms with E-state index in [-0.39, 0.29) is 37.2 Å². The number of rotatable bonds is 8. The number of carbonyl (C=O) groups excluding carboxylic acids is 1. The van der Waals surface area contributed by atoms with Gasteiger partial charge in [-0.2, -0.15) is 0 Å². The molecule has 6 nitrogen and oxygen atoms in total. The molecule has 1 rings (SSSR count). The van der Waals surface area contributed by atoms with Crippen LogP contribution in [0.1, 0.15) is 19.3 Å². The molecular formula is C10H22ClN3O3S. The highest BCUT2D eigenvalue weighted by Crippen LogP contribution is 2.25. The minimum atomic E-state index is -3.25. The van der Waals surface area contributed by atoms with Gasteiger partial charge in [0.05, 0.1) is 12.3 Å². The zero-order valence-electron chi connectivity index (χ0n) is 10.6. The van der Waals surface area contributed by atoms with Crippen molar-refractivity contribution in [1.29, 1.82) is 0 Å². The van der Waals surface area contributed by atoms with E-state index >= 15 is 0 Å². The predicted octanol–water partition coefficient (Wildman–Crippen LogP) is -0.537. The van der Waals surface area contributed by atoms with Crippen molar-refractivity contribution in [3.05, 3.63) is 0 Å². The molecule has 108 valence electrons. The van der Waals surface area contributed by atoms with Gasteiger partial charge in [0.25, 0.3) is 0 Å². The average Bonchev–Trinajstić information content (AvgIpc) is 2.15. The fourth-order valence-electron chi connectivity index (χ4n) is 1.56. The molecule has 0 aliphatic heterocycles. The number of likely N-dealkylation sites (N-methyl/N-ethyl adjacent to an activating group) is 1. The van der Waals surface area contributed by atoms with Crippen molar-refractivity contribution >= 4 is 28.3 Å². The maximum atomic E-state index is 11.5. The average molecular weight is 300 g/mol. The summed E-state index contributed by atoms with van der Waals surface area (Å²) in [4.78, 5) is 11.1. The third-order valence-electron chi connectivity index (χ3n) is 2.85. The first-order valence-corrected chi connectivity index (χ1v) is 7.57. The van der Waals surface area contributed by atoms with Crippen LogP contribution in [0.25, 0.3) is 0 Å². The van der Waals surface area contributed by atoms with Crippen LogP contribution in [-0.4, -0.2) is 46.8 Å². The number of hydrogen-bond acceptors (Lipinski definition) is 4. The first kappa shape index (κ1) is 17.6. The van der Waals surface area contributed by atoms with Crippen molar-refractivity contribution in [1.82, 2.24) is 15.4 Å². The van der Waals surface area contributed by atoms with Gasteiger partial charge in [-0.3, -0.25) is 4.79 Å². The van der Waals surface area contributed by atoms with Gasteiger partial charge < -0.3 is 10.6 Å². The zero-order chi connectivity index (χ0) is 12.7. The molecular weight excluding hydrogens is 278 g/mol. The summed E-state index contributed by atoms with van der Waals surface area (Å²) >= 11 is 0. The van der Waals surface area contributed by atoms with E-state index in [1.165, 1.54) is 6.42 Å². The third kappa shape index (κ3) is 7.15. The molecule has 0 aromatic heterocycles. The first-order valence-electron chi connectivity index (χ1n) is 5.92. The van der Waals surface area contributed by atoms with Crippen molar-refractivity contribution in [3.8, 4) is 0 Å². The van der Waals surface area contributed by atoms with E-state index in [1.807, 2.05) is 0 Å². The van der Waals surface area contributed by atoms with Crippen molar-refractivity contribution in [2.45, 2.75) is 19.3 Å². The lowest BCUT2D eigenvalue weighted by Gasteiger charge is -2.25. The van der Waals surface area contributed by atoms with Gasteiger partial charge in [-0.25, -0.2) is 13.1 Å². The largest absolute Gasteiger partial charge is 0.354 e. The molecule has 1 aliphatic rings. The van der Waals surface area contributed by atoms with E-state index in [0.717, 1.165) is 12.8 Å². The Labute approximate surface area is 115 Å². The highest BCUT2D eigenvalue weighted by atomic mass is 35.5. The lowest BCUT2D eigenvalue weighted by atomic mass is 9.86. The summed E-state index contributed by atoms with van der Waals surface area (Å²) in [5.74, 6) is 0.250. The third-order valence-corrected chi connectivity index (χ3v) is 4.20. The maximum Gasteiger partial charge on any atom is 0.233 e. The summed E-state index contributed by atoms with van der Waals surface area (Å²) in [6.45, 7) is 0.892. The standard InChI is InChI=1S/C10H21N3O3S.ClH/c1-11-8-10(14)12-5-6-17(15,16)13-7-9-3-2-4-9;/h9,11,13H,2-8H2,1H3,(H,12,14);1H. The summed E-state index contributed by atoms with van der Waals surface area (Å²) in [5.41, 5.74) is 0. The van der Waals surface area contributed by atoms with Gasteiger partial charge in [0.15, 0.2) is 0 Å². The molecule has 0 aromatic rings. The molecule has 8 heteroatoms. The molecule has 1 saturated carbocycles. The molecule has 1 fully saturated rings. The van der Waals surface area contributed by atoms with Gasteiger partial charge in [0.2, 0.25) is 15.9 Å². The van der Waals surface area contributed by atoms with Crippen LogP contribution >= 0.6 is 12.4 Å². The Balaban J connectivity index is 0.00000289. The fourth-order valence-corrected chi connectivity index (χ4v) is 2.57. The van der Waals surface area contributed by atoms with Gasteiger partial charge in [-0.15, -0.1) is 12.4 Å². The van der Waals surface area contributed by atoms with Crippen molar-refractivity contribution < 1.29 is 13.2 Å². The van der Waals surface area contributed by atoms with Gasteiger partial charge in [0, 0.05) is 13.1 Å².